The molecular weight excluding hydrogens is 651 g/mol. The maximum atomic E-state index is 12.5. The second kappa shape index (κ2) is 17.7. The van der Waals surface area contributed by atoms with Crippen LogP contribution in [0.5, 0.6) is 28.7 Å². The standard InChI is InChI=1S/C36H39ClF3NO7/c1-4-5-6-7-8-9-10-11-20-44-35(42)46-23-45-34-29-21-30(37)32(43-3)22-31(29)41-24(2)33(34)25-12-14-26(15-13-25)47-27-16-18-28(19-17-27)48-36(38,39)40/h12-19,21-22H,4-11,20,23H2,1-3H3. The smallest absolute Gasteiger partial charge is 0.495 e. The second-order valence-corrected chi connectivity index (χ2v) is 11.4. The van der Waals surface area contributed by atoms with Crippen molar-refractivity contribution in [3.05, 3.63) is 71.4 Å². The third kappa shape index (κ3) is 10.8. The number of carbonyl (C=O) groups excluding carboxylic acids is 1. The zero-order chi connectivity index (χ0) is 34.5. The molecule has 0 N–H and O–H groups in total. The Morgan fingerprint density at radius 1 is 0.833 bits per heavy atom. The van der Waals surface area contributed by atoms with Gasteiger partial charge in [0, 0.05) is 22.7 Å². The molecule has 0 amide bonds. The van der Waals surface area contributed by atoms with Gasteiger partial charge >= 0.3 is 12.5 Å². The normalized spacial score (nSPS) is 11.3. The lowest BCUT2D eigenvalue weighted by atomic mass is 10.00. The highest BCUT2D eigenvalue weighted by atomic mass is 35.5. The van der Waals surface area contributed by atoms with Crippen molar-refractivity contribution in [2.24, 2.45) is 0 Å². The van der Waals surface area contributed by atoms with E-state index in [1.807, 2.05) is 6.92 Å². The van der Waals surface area contributed by atoms with Gasteiger partial charge < -0.3 is 28.4 Å². The van der Waals surface area contributed by atoms with Gasteiger partial charge in [0.1, 0.15) is 28.7 Å². The lowest BCUT2D eigenvalue weighted by Gasteiger charge is -2.18. The first-order valence-electron chi connectivity index (χ1n) is 15.8. The number of hydrogen-bond donors (Lipinski definition) is 0. The van der Waals surface area contributed by atoms with E-state index in [1.165, 1.54) is 63.5 Å². The Morgan fingerprint density at radius 2 is 1.44 bits per heavy atom. The fraction of sp³-hybridized carbons (Fsp3) is 0.389. The summed E-state index contributed by atoms with van der Waals surface area (Å²) in [5, 5.41) is 0.909. The molecule has 0 atom stereocenters. The molecule has 0 saturated carbocycles. The van der Waals surface area contributed by atoms with Crippen molar-refractivity contribution in [1.29, 1.82) is 0 Å². The molecule has 0 radical (unpaired) electrons. The number of alkyl halides is 3. The summed E-state index contributed by atoms with van der Waals surface area (Å²) in [7, 11) is 1.51. The third-order valence-corrected chi connectivity index (χ3v) is 7.72. The van der Waals surface area contributed by atoms with Gasteiger partial charge in [-0.15, -0.1) is 13.2 Å². The number of fused-ring (bicyclic) bond motifs is 1. The van der Waals surface area contributed by atoms with Gasteiger partial charge in [0.05, 0.1) is 24.3 Å². The summed E-state index contributed by atoms with van der Waals surface area (Å²) in [6, 6.07) is 15.4. The van der Waals surface area contributed by atoms with Crippen LogP contribution < -0.4 is 18.9 Å². The average Bonchev–Trinajstić information content (AvgIpc) is 3.05. The Bertz CT molecular complexity index is 1630. The number of aromatic nitrogens is 1. The van der Waals surface area contributed by atoms with Crippen LogP contribution in [0.3, 0.4) is 0 Å². The van der Waals surface area contributed by atoms with Gasteiger partial charge in [-0.25, -0.2) is 4.79 Å². The van der Waals surface area contributed by atoms with E-state index < -0.39 is 19.3 Å². The highest BCUT2D eigenvalue weighted by molar-refractivity contribution is 6.33. The minimum absolute atomic E-state index is 0.269. The number of benzene rings is 3. The number of hydrogen-bond acceptors (Lipinski definition) is 8. The molecule has 3 aromatic carbocycles. The zero-order valence-corrected chi connectivity index (χ0v) is 27.9. The van der Waals surface area contributed by atoms with Crippen LogP contribution in [0.2, 0.25) is 5.02 Å². The maximum Gasteiger partial charge on any atom is 0.573 e. The Morgan fingerprint density at radius 3 is 2.06 bits per heavy atom. The maximum absolute atomic E-state index is 12.5. The van der Waals surface area contributed by atoms with Crippen LogP contribution in [-0.4, -0.2) is 38.0 Å². The van der Waals surface area contributed by atoms with Gasteiger partial charge in [-0.2, -0.15) is 0 Å². The predicted molar refractivity (Wildman–Crippen MR) is 177 cm³/mol. The summed E-state index contributed by atoms with van der Waals surface area (Å²) < 4.78 is 69.0. The van der Waals surface area contributed by atoms with Gasteiger partial charge in [0.15, 0.2) is 0 Å². The molecule has 0 aliphatic rings. The first-order chi connectivity index (χ1) is 23.1. The minimum atomic E-state index is -4.78. The summed E-state index contributed by atoms with van der Waals surface area (Å²) in [5.74, 6) is 1.23. The number of nitrogens with zero attached hydrogens (tertiary/aromatic N) is 1. The number of rotatable bonds is 17. The van der Waals surface area contributed by atoms with Crippen LogP contribution in [0, 0.1) is 6.92 Å². The number of pyridine rings is 1. The summed E-state index contributed by atoms with van der Waals surface area (Å²) in [6.45, 7) is 3.87. The molecular formula is C36H39ClF3NO7. The lowest BCUT2D eigenvalue weighted by molar-refractivity contribution is -0.274. The molecule has 1 heterocycles. The van der Waals surface area contributed by atoms with Crippen molar-refractivity contribution in [2.75, 3.05) is 20.5 Å². The topological polar surface area (TPSA) is 85.3 Å². The molecule has 0 saturated heterocycles. The SMILES string of the molecule is CCCCCCCCCCOC(=O)OCOc1c(-c2ccc(Oc3ccc(OC(F)(F)F)cc3)cc2)c(C)nc2cc(OC)c(Cl)cc12. The zero-order valence-electron chi connectivity index (χ0n) is 27.2. The predicted octanol–water partition coefficient (Wildman–Crippen LogP) is 11.2. The van der Waals surface area contributed by atoms with E-state index in [0.717, 1.165) is 19.3 Å². The molecule has 0 fully saturated rings. The Hall–Kier alpha value is -4.38. The molecule has 0 unspecified atom stereocenters. The number of carbonyl (C=O) groups is 1. The van der Waals surface area contributed by atoms with E-state index >= 15 is 0 Å². The first-order valence-corrected chi connectivity index (χ1v) is 16.2. The minimum Gasteiger partial charge on any atom is -0.495 e. The highest BCUT2D eigenvalue weighted by Gasteiger charge is 2.31. The summed E-state index contributed by atoms with van der Waals surface area (Å²) >= 11 is 6.47. The van der Waals surface area contributed by atoms with E-state index in [0.29, 0.717) is 55.7 Å². The van der Waals surface area contributed by atoms with E-state index in [-0.39, 0.29) is 12.4 Å². The number of aryl methyl sites for hydroxylation is 1. The molecule has 0 bridgehead atoms. The number of halogens is 4. The van der Waals surface area contributed by atoms with E-state index in [4.69, 9.17) is 40.3 Å². The number of methoxy groups -OCH3 is 1. The molecule has 48 heavy (non-hydrogen) atoms. The Kier molecular flexibility index (Phi) is 13.4. The molecule has 0 spiro atoms. The van der Waals surface area contributed by atoms with E-state index in [2.05, 4.69) is 11.7 Å². The van der Waals surface area contributed by atoms with Crippen LogP contribution in [0.4, 0.5) is 18.0 Å². The van der Waals surface area contributed by atoms with Gasteiger partial charge in [-0.3, -0.25) is 4.98 Å². The third-order valence-electron chi connectivity index (χ3n) is 7.43. The first kappa shape index (κ1) is 36.5. The van der Waals surface area contributed by atoms with Crippen molar-refractivity contribution in [2.45, 2.75) is 71.6 Å². The molecule has 0 aliphatic carbocycles. The number of unbranched alkanes of at least 4 members (excludes halogenated alkanes) is 7. The molecule has 4 aromatic rings. The second-order valence-electron chi connectivity index (χ2n) is 11.0. The molecule has 4 rings (SSSR count). The van der Waals surface area contributed by atoms with Crippen LogP contribution in [0.1, 0.15) is 64.0 Å². The van der Waals surface area contributed by atoms with Crippen molar-refractivity contribution in [1.82, 2.24) is 4.98 Å². The van der Waals surface area contributed by atoms with Crippen LogP contribution in [0.25, 0.3) is 22.0 Å². The fourth-order valence-electron chi connectivity index (χ4n) is 5.10. The van der Waals surface area contributed by atoms with Crippen LogP contribution in [-0.2, 0) is 9.47 Å². The van der Waals surface area contributed by atoms with E-state index in [9.17, 15) is 18.0 Å². The summed E-state index contributed by atoms with van der Waals surface area (Å²) in [4.78, 5) is 17.0. The van der Waals surface area contributed by atoms with E-state index in [1.54, 1.807) is 36.4 Å². The molecule has 0 aliphatic heterocycles. The van der Waals surface area contributed by atoms with Crippen LogP contribution >= 0.6 is 11.6 Å². The van der Waals surface area contributed by atoms with Crippen molar-refractivity contribution in [3.8, 4) is 39.9 Å². The van der Waals surface area contributed by atoms with Gasteiger partial charge in [-0.05, 0) is 61.4 Å². The van der Waals surface area contributed by atoms with Gasteiger partial charge in [0.2, 0.25) is 6.79 Å². The summed E-state index contributed by atoms with van der Waals surface area (Å²) in [6.07, 6.45) is 3.42. The van der Waals surface area contributed by atoms with Crippen molar-refractivity contribution >= 4 is 28.7 Å². The Labute approximate surface area is 283 Å². The van der Waals surface area contributed by atoms with Crippen molar-refractivity contribution in [3.63, 3.8) is 0 Å². The molecule has 1 aromatic heterocycles. The summed E-state index contributed by atoms with van der Waals surface area (Å²) in [5.41, 5.74) is 2.51. The van der Waals surface area contributed by atoms with Gasteiger partial charge in [-0.1, -0.05) is 75.6 Å². The highest BCUT2D eigenvalue weighted by Crippen LogP contribution is 2.42. The number of ether oxygens (including phenoxy) is 6. The molecule has 258 valence electrons. The van der Waals surface area contributed by atoms with Crippen LogP contribution in [0.15, 0.2) is 60.7 Å². The quantitative estimate of drug-likeness (QED) is 0.0615. The monoisotopic (exact) mass is 689 g/mol. The van der Waals surface area contributed by atoms with Crippen molar-refractivity contribution < 1.29 is 46.4 Å². The van der Waals surface area contributed by atoms with Gasteiger partial charge in [0.25, 0.3) is 0 Å². The fourth-order valence-corrected chi connectivity index (χ4v) is 5.34. The molecule has 12 heteroatoms. The molecule has 8 nitrogen and oxygen atoms in total. The Balaban J connectivity index is 1.45. The lowest BCUT2D eigenvalue weighted by Crippen LogP contribution is -2.16. The average molecular weight is 690 g/mol. The largest absolute Gasteiger partial charge is 0.573 e.